The second-order valence-corrected chi connectivity index (χ2v) is 6.08. The third kappa shape index (κ3) is 2.22. The van der Waals surface area contributed by atoms with Crippen LogP contribution in [0.1, 0.15) is 48.9 Å². The van der Waals surface area contributed by atoms with Crippen molar-refractivity contribution in [2.24, 2.45) is 5.41 Å². The molecule has 3 amide bonds. The Morgan fingerprint density at radius 3 is 2.81 bits per heavy atom. The number of carbonyl (C=O) groups is 3. The molecule has 0 saturated carbocycles. The van der Waals surface area contributed by atoms with Crippen LogP contribution in [0.15, 0.2) is 10.6 Å². The summed E-state index contributed by atoms with van der Waals surface area (Å²) in [5, 5.41) is 6.12. The lowest BCUT2D eigenvalue weighted by Crippen LogP contribution is -2.36. The summed E-state index contributed by atoms with van der Waals surface area (Å²) >= 11 is 0. The summed E-state index contributed by atoms with van der Waals surface area (Å²) in [6.45, 7) is 4.61. The molecule has 1 aromatic heterocycles. The summed E-state index contributed by atoms with van der Waals surface area (Å²) in [5.41, 5.74) is -0.502. The first-order chi connectivity index (χ1) is 9.91. The van der Waals surface area contributed by atoms with E-state index in [2.05, 4.69) is 10.5 Å². The number of rotatable bonds is 2. The van der Waals surface area contributed by atoms with Gasteiger partial charge in [-0.2, -0.15) is 0 Å². The van der Waals surface area contributed by atoms with Crippen molar-refractivity contribution in [3.63, 3.8) is 0 Å². The lowest BCUT2D eigenvalue weighted by atomic mass is 9.85. The highest BCUT2D eigenvalue weighted by Gasteiger charge is 2.52. The summed E-state index contributed by atoms with van der Waals surface area (Å²) in [5.74, 6) is 0.0153. The monoisotopic (exact) mass is 291 g/mol. The molecule has 2 saturated heterocycles. The van der Waals surface area contributed by atoms with E-state index in [0.717, 1.165) is 0 Å². The molecule has 2 aliphatic rings. The van der Waals surface area contributed by atoms with Crippen LogP contribution in [0.4, 0.5) is 0 Å². The Balaban J connectivity index is 1.75. The number of amides is 3. The van der Waals surface area contributed by atoms with Crippen LogP contribution in [0.5, 0.6) is 0 Å². The molecule has 2 aliphatic heterocycles. The van der Waals surface area contributed by atoms with Gasteiger partial charge in [-0.3, -0.25) is 19.7 Å². The van der Waals surface area contributed by atoms with Gasteiger partial charge in [-0.1, -0.05) is 19.0 Å². The average Bonchev–Trinajstić information content (AvgIpc) is 3.10. The molecule has 7 heteroatoms. The zero-order chi connectivity index (χ0) is 15.2. The Labute approximate surface area is 121 Å². The summed E-state index contributed by atoms with van der Waals surface area (Å²) < 4.78 is 5.13. The molecular formula is C14H17N3O4. The highest BCUT2D eigenvalue weighted by atomic mass is 16.5. The first-order valence-corrected chi connectivity index (χ1v) is 7.01. The summed E-state index contributed by atoms with van der Waals surface area (Å²) in [6, 6.07) is 1.64. The van der Waals surface area contributed by atoms with Crippen LogP contribution in [0.2, 0.25) is 0 Å². The van der Waals surface area contributed by atoms with Gasteiger partial charge in [-0.25, -0.2) is 0 Å². The van der Waals surface area contributed by atoms with Gasteiger partial charge in [0.05, 0.1) is 5.41 Å². The van der Waals surface area contributed by atoms with E-state index in [0.29, 0.717) is 18.7 Å². The largest absolute Gasteiger partial charge is 0.360 e. The SMILES string of the molecule is CC(C)c1cc(C(=O)N2CCC3(CC(=O)NC3=O)C2)no1. The van der Waals surface area contributed by atoms with Crippen LogP contribution in [0, 0.1) is 5.41 Å². The van der Waals surface area contributed by atoms with Crippen LogP contribution in [0.3, 0.4) is 0 Å². The van der Waals surface area contributed by atoms with Crippen molar-refractivity contribution in [1.82, 2.24) is 15.4 Å². The Hall–Kier alpha value is -2.18. The number of nitrogens with one attached hydrogen (secondary N) is 1. The van der Waals surface area contributed by atoms with Crippen LogP contribution < -0.4 is 5.32 Å². The molecule has 0 aromatic carbocycles. The normalized spacial score (nSPS) is 25.2. The van der Waals surface area contributed by atoms with Gasteiger partial charge in [0.15, 0.2) is 5.69 Å². The van der Waals surface area contributed by atoms with E-state index in [9.17, 15) is 14.4 Å². The first-order valence-electron chi connectivity index (χ1n) is 7.01. The smallest absolute Gasteiger partial charge is 0.276 e. The Bertz CT molecular complexity index is 621. The molecule has 1 unspecified atom stereocenters. The molecule has 7 nitrogen and oxygen atoms in total. The minimum atomic E-state index is -0.753. The minimum Gasteiger partial charge on any atom is -0.360 e. The molecule has 2 fully saturated rings. The fraction of sp³-hybridized carbons (Fsp3) is 0.571. The van der Waals surface area contributed by atoms with E-state index < -0.39 is 5.41 Å². The van der Waals surface area contributed by atoms with Gasteiger partial charge in [0.2, 0.25) is 11.8 Å². The lowest BCUT2D eigenvalue weighted by molar-refractivity contribution is -0.128. The molecule has 3 rings (SSSR count). The summed E-state index contributed by atoms with van der Waals surface area (Å²) in [7, 11) is 0. The summed E-state index contributed by atoms with van der Waals surface area (Å²) in [6.07, 6.45) is 0.664. The van der Waals surface area contributed by atoms with E-state index >= 15 is 0 Å². The van der Waals surface area contributed by atoms with Crippen molar-refractivity contribution in [3.05, 3.63) is 17.5 Å². The fourth-order valence-electron chi connectivity index (χ4n) is 2.89. The molecule has 0 radical (unpaired) electrons. The molecule has 1 N–H and O–H groups in total. The van der Waals surface area contributed by atoms with Crippen LogP contribution in [-0.4, -0.2) is 40.9 Å². The topological polar surface area (TPSA) is 92.5 Å². The van der Waals surface area contributed by atoms with Gasteiger partial charge in [0, 0.05) is 31.5 Å². The van der Waals surface area contributed by atoms with E-state index in [1.807, 2.05) is 13.8 Å². The second kappa shape index (κ2) is 4.68. The van der Waals surface area contributed by atoms with Crippen LogP contribution >= 0.6 is 0 Å². The Kier molecular flexibility index (Phi) is 3.07. The van der Waals surface area contributed by atoms with Crippen LogP contribution in [0.25, 0.3) is 0 Å². The van der Waals surface area contributed by atoms with Gasteiger partial charge in [-0.05, 0) is 6.42 Å². The Morgan fingerprint density at radius 2 is 2.24 bits per heavy atom. The molecule has 1 aromatic rings. The van der Waals surface area contributed by atoms with E-state index in [1.54, 1.807) is 11.0 Å². The van der Waals surface area contributed by atoms with E-state index in [1.165, 1.54) is 0 Å². The molecule has 1 spiro atoms. The third-order valence-corrected chi connectivity index (χ3v) is 4.19. The predicted molar refractivity (Wildman–Crippen MR) is 71.3 cm³/mol. The molecule has 3 heterocycles. The number of carbonyl (C=O) groups excluding carboxylic acids is 3. The quantitative estimate of drug-likeness (QED) is 0.809. The van der Waals surface area contributed by atoms with Crippen molar-refractivity contribution >= 4 is 17.7 Å². The van der Waals surface area contributed by atoms with Gasteiger partial charge < -0.3 is 9.42 Å². The van der Waals surface area contributed by atoms with Crippen molar-refractivity contribution in [3.8, 4) is 0 Å². The number of nitrogens with zero attached hydrogens (tertiary/aromatic N) is 2. The van der Waals surface area contributed by atoms with Gasteiger partial charge in [-0.15, -0.1) is 0 Å². The zero-order valence-corrected chi connectivity index (χ0v) is 12.0. The van der Waals surface area contributed by atoms with Crippen molar-refractivity contribution in [2.75, 3.05) is 13.1 Å². The van der Waals surface area contributed by atoms with Crippen molar-refractivity contribution in [1.29, 1.82) is 0 Å². The third-order valence-electron chi connectivity index (χ3n) is 4.19. The molecule has 0 bridgehead atoms. The number of imide groups is 1. The minimum absolute atomic E-state index is 0.155. The number of hydrogen-bond acceptors (Lipinski definition) is 5. The van der Waals surface area contributed by atoms with Crippen molar-refractivity contribution < 1.29 is 18.9 Å². The highest BCUT2D eigenvalue weighted by molar-refractivity contribution is 6.06. The molecular weight excluding hydrogens is 274 g/mol. The van der Waals surface area contributed by atoms with Crippen molar-refractivity contribution in [2.45, 2.75) is 32.6 Å². The predicted octanol–water partition coefficient (Wildman–Crippen LogP) is 0.677. The van der Waals surface area contributed by atoms with Crippen LogP contribution in [-0.2, 0) is 9.59 Å². The van der Waals surface area contributed by atoms with Gasteiger partial charge in [0.25, 0.3) is 5.91 Å². The van der Waals surface area contributed by atoms with E-state index in [4.69, 9.17) is 4.52 Å². The molecule has 112 valence electrons. The molecule has 0 aliphatic carbocycles. The maximum atomic E-state index is 12.4. The highest BCUT2D eigenvalue weighted by Crippen LogP contribution is 2.38. The first kappa shape index (κ1) is 13.8. The van der Waals surface area contributed by atoms with Gasteiger partial charge >= 0.3 is 0 Å². The average molecular weight is 291 g/mol. The number of hydrogen-bond donors (Lipinski definition) is 1. The number of likely N-dealkylation sites (tertiary alicyclic amines) is 1. The maximum Gasteiger partial charge on any atom is 0.276 e. The summed E-state index contributed by atoms with van der Waals surface area (Å²) in [4.78, 5) is 37.2. The molecule has 21 heavy (non-hydrogen) atoms. The zero-order valence-electron chi connectivity index (χ0n) is 12.0. The standard InChI is InChI=1S/C14H17N3O4/c1-8(2)10-5-9(16-21-10)12(19)17-4-3-14(7-17)6-11(18)15-13(14)20/h5,8H,3-4,6-7H2,1-2H3,(H,15,18,20). The lowest BCUT2D eigenvalue weighted by Gasteiger charge is -2.19. The Morgan fingerprint density at radius 1 is 1.48 bits per heavy atom. The van der Waals surface area contributed by atoms with E-state index in [-0.39, 0.29) is 42.3 Å². The van der Waals surface area contributed by atoms with Gasteiger partial charge in [0.1, 0.15) is 5.76 Å². The molecule has 1 atom stereocenters. The fourth-order valence-corrected chi connectivity index (χ4v) is 2.89. The number of aromatic nitrogens is 1. The maximum absolute atomic E-state index is 12.4. The second-order valence-electron chi connectivity index (χ2n) is 6.08.